The Labute approximate surface area is 150 Å². The number of rotatable bonds is 6. The highest BCUT2D eigenvalue weighted by Crippen LogP contribution is 2.31. The van der Waals surface area contributed by atoms with E-state index in [1.807, 2.05) is 0 Å². The van der Waals surface area contributed by atoms with Crippen LogP contribution in [0.1, 0.15) is 61.2 Å². The molecule has 1 aromatic rings. The van der Waals surface area contributed by atoms with Gasteiger partial charge in [0, 0.05) is 18.3 Å². The van der Waals surface area contributed by atoms with E-state index in [4.69, 9.17) is 10.5 Å². The summed E-state index contributed by atoms with van der Waals surface area (Å²) in [4.78, 5) is 41.7. The summed E-state index contributed by atoms with van der Waals surface area (Å²) in [6, 6.07) is 0. The number of nitrogen functional groups attached to an aromatic ring is 1. The number of carbonyl (C=O) groups excluding carboxylic acids is 2. The lowest BCUT2D eigenvalue weighted by atomic mass is 9.94. The van der Waals surface area contributed by atoms with Crippen LogP contribution in [0.3, 0.4) is 0 Å². The van der Waals surface area contributed by atoms with Crippen LogP contribution in [0.4, 0.5) is 5.82 Å². The molecule has 1 aliphatic rings. The molecule has 9 heteroatoms. The van der Waals surface area contributed by atoms with Gasteiger partial charge in [-0.15, -0.1) is 0 Å². The number of anilines is 1. The molecular formula is C17H25N3O6. The number of hydrogen-bond acceptors (Lipinski definition) is 8. The van der Waals surface area contributed by atoms with Crippen LogP contribution < -0.4 is 11.4 Å². The summed E-state index contributed by atoms with van der Waals surface area (Å²) in [6.07, 6.45) is -2.96. The second-order valence-corrected chi connectivity index (χ2v) is 7.03. The molecule has 0 aromatic carbocycles. The minimum atomic E-state index is -1.03. The predicted octanol–water partition coefficient (Wildman–Crippen LogP) is 0.144. The maximum Gasteiger partial charge on any atom is 0.352 e. The second kappa shape index (κ2) is 7.65. The van der Waals surface area contributed by atoms with E-state index in [1.54, 1.807) is 27.7 Å². The molecule has 1 fully saturated rings. The maximum atomic E-state index is 12.8. The number of Topliss-reactive ketones (excluding diaryl/α,β-unsaturated/α-hetero) is 2. The van der Waals surface area contributed by atoms with Crippen molar-refractivity contribution in [1.29, 1.82) is 0 Å². The zero-order valence-corrected chi connectivity index (χ0v) is 15.3. The first-order valence-corrected chi connectivity index (χ1v) is 8.54. The molecule has 144 valence electrons. The SMILES string of the molecule is CC(C)C(=O)c1c(N)nc(=O)n([C@H]2C[C@H](O)[C@@H](CO)O2)c1C(=O)C(C)C. The number of ketones is 2. The van der Waals surface area contributed by atoms with E-state index >= 15 is 0 Å². The highest BCUT2D eigenvalue weighted by atomic mass is 16.5. The molecule has 3 atom stereocenters. The number of hydrogen-bond donors (Lipinski definition) is 3. The maximum absolute atomic E-state index is 12.8. The van der Waals surface area contributed by atoms with Gasteiger partial charge in [0.15, 0.2) is 11.6 Å². The van der Waals surface area contributed by atoms with Crippen molar-refractivity contribution in [3.8, 4) is 0 Å². The first-order chi connectivity index (χ1) is 12.1. The Hall–Kier alpha value is -2.10. The van der Waals surface area contributed by atoms with Crippen LogP contribution >= 0.6 is 0 Å². The summed E-state index contributed by atoms with van der Waals surface area (Å²) in [6.45, 7) is 6.13. The third kappa shape index (κ3) is 3.55. The third-order valence-corrected chi connectivity index (χ3v) is 4.36. The molecule has 0 unspecified atom stereocenters. The standard InChI is InChI=1S/C17H25N3O6/c1-7(2)14(23)12-13(15(24)8(3)4)20(17(25)19-16(12)18)11-5-9(22)10(6-21)26-11/h7-11,21-22H,5-6H2,1-4H3,(H2,18,19,25)/t9-,10+,11+/m0/s1. The summed E-state index contributed by atoms with van der Waals surface area (Å²) in [5, 5.41) is 19.2. The average Bonchev–Trinajstić information content (AvgIpc) is 2.92. The Morgan fingerprint density at radius 1 is 1.27 bits per heavy atom. The van der Waals surface area contributed by atoms with Crippen molar-refractivity contribution in [2.45, 2.75) is 52.6 Å². The van der Waals surface area contributed by atoms with Gasteiger partial charge in [-0.2, -0.15) is 4.98 Å². The summed E-state index contributed by atoms with van der Waals surface area (Å²) in [7, 11) is 0. The van der Waals surface area contributed by atoms with Gasteiger partial charge < -0.3 is 20.7 Å². The van der Waals surface area contributed by atoms with E-state index in [-0.39, 0.29) is 23.5 Å². The van der Waals surface area contributed by atoms with Gasteiger partial charge in [0.2, 0.25) is 0 Å². The first-order valence-electron chi connectivity index (χ1n) is 8.54. The van der Waals surface area contributed by atoms with Crippen molar-refractivity contribution in [2.75, 3.05) is 12.3 Å². The summed E-state index contributed by atoms with van der Waals surface area (Å²) >= 11 is 0. The number of carbonyl (C=O) groups is 2. The molecule has 0 amide bonds. The van der Waals surface area contributed by atoms with Crippen LogP contribution in [0.25, 0.3) is 0 Å². The van der Waals surface area contributed by atoms with Crippen molar-refractivity contribution in [3.05, 3.63) is 21.7 Å². The van der Waals surface area contributed by atoms with E-state index in [0.29, 0.717) is 0 Å². The van der Waals surface area contributed by atoms with Crippen molar-refractivity contribution in [2.24, 2.45) is 11.8 Å². The second-order valence-electron chi connectivity index (χ2n) is 7.03. The van der Waals surface area contributed by atoms with Gasteiger partial charge in [-0.3, -0.25) is 14.2 Å². The van der Waals surface area contributed by atoms with Gasteiger partial charge in [-0.05, 0) is 0 Å². The summed E-state index contributed by atoms with van der Waals surface area (Å²) in [5.41, 5.74) is 4.71. The van der Waals surface area contributed by atoms with E-state index in [0.717, 1.165) is 4.57 Å². The molecule has 0 bridgehead atoms. The van der Waals surface area contributed by atoms with Gasteiger partial charge in [0.25, 0.3) is 0 Å². The Kier molecular flexibility index (Phi) is 5.94. The Morgan fingerprint density at radius 2 is 1.85 bits per heavy atom. The minimum Gasteiger partial charge on any atom is -0.394 e. The number of aliphatic hydroxyl groups is 2. The fourth-order valence-electron chi connectivity index (χ4n) is 2.90. The van der Waals surface area contributed by atoms with E-state index in [2.05, 4.69) is 4.98 Å². The van der Waals surface area contributed by atoms with Crippen LogP contribution in [0.2, 0.25) is 0 Å². The lowest BCUT2D eigenvalue weighted by Gasteiger charge is -2.22. The topological polar surface area (TPSA) is 145 Å². The molecular weight excluding hydrogens is 342 g/mol. The van der Waals surface area contributed by atoms with Crippen LogP contribution in [0, 0.1) is 11.8 Å². The molecule has 1 aliphatic heterocycles. The van der Waals surface area contributed by atoms with Crippen LogP contribution in [-0.4, -0.2) is 50.1 Å². The Balaban J connectivity index is 2.75. The van der Waals surface area contributed by atoms with Gasteiger partial charge in [-0.25, -0.2) is 4.79 Å². The van der Waals surface area contributed by atoms with E-state index < -0.39 is 54.1 Å². The molecule has 0 saturated carbocycles. The molecule has 2 rings (SSSR count). The zero-order chi connectivity index (χ0) is 19.8. The first kappa shape index (κ1) is 20.2. The molecule has 1 aromatic heterocycles. The molecule has 2 heterocycles. The number of ether oxygens (including phenoxy) is 1. The van der Waals surface area contributed by atoms with Crippen molar-refractivity contribution in [1.82, 2.24) is 9.55 Å². The molecule has 1 saturated heterocycles. The Bertz CT molecular complexity index is 770. The van der Waals surface area contributed by atoms with Crippen LogP contribution in [0.5, 0.6) is 0 Å². The van der Waals surface area contributed by atoms with Crippen molar-refractivity contribution < 1.29 is 24.5 Å². The van der Waals surface area contributed by atoms with Gasteiger partial charge in [0.05, 0.1) is 18.3 Å². The van der Waals surface area contributed by atoms with E-state index in [9.17, 15) is 24.6 Å². The predicted molar refractivity (Wildman–Crippen MR) is 92.9 cm³/mol. The number of aromatic nitrogens is 2. The molecule has 0 aliphatic carbocycles. The molecule has 0 spiro atoms. The fourth-order valence-corrected chi connectivity index (χ4v) is 2.90. The van der Waals surface area contributed by atoms with Crippen LogP contribution in [-0.2, 0) is 4.74 Å². The number of nitrogens with two attached hydrogens (primary N) is 1. The highest BCUT2D eigenvalue weighted by Gasteiger charge is 2.39. The molecule has 9 nitrogen and oxygen atoms in total. The van der Waals surface area contributed by atoms with E-state index in [1.165, 1.54) is 0 Å². The lowest BCUT2D eigenvalue weighted by Crippen LogP contribution is -2.37. The number of nitrogens with zero attached hydrogens (tertiary/aromatic N) is 2. The normalized spacial score (nSPS) is 23.0. The zero-order valence-electron chi connectivity index (χ0n) is 15.3. The average molecular weight is 367 g/mol. The monoisotopic (exact) mass is 367 g/mol. The highest BCUT2D eigenvalue weighted by molar-refractivity contribution is 6.11. The van der Waals surface area contributed by atoms with Gasteiger partial charge in [0.1, 0.15) is 23.8 Å². The van der Waals surface area contributed by atoms with Crippen molar-refractivity contribution in [3.63, 3.8) is 0 Å². The quantitative estimate of drug-likeness (QED) is 0.602. The Morgan fingerprint density at radius 3 is 2.31 bits per heavy atom. The number of aliphatic hydroxyl groups excluding tert-OH is 2. The molecule has 26 heavy (non-hydrogen) atoms. The fraction of sp³-hybridized carbons (Fsp3) is 0.647. The molecule has 0 radical (unpaired) electrons. The van der Waals surface area contributed by atoms with Crippen LogP contribution in [0.15, 0.2) is 4.79 Å². The summed E-state index contributed by atoms with van der Waals surface area (Å²) < 4.78 is 6.49. The smallest absolute Gasteiger partial charge is 0.352 e. The minimum absolute atomic E-state index is 0.0234. The largest absolute Gasteiger partial charge is 0.394 e. The molecule has 4 N–H and O–H groups in total. The van der Waals surface area contributed by atoms with Crippen molar-refractivity contribution >= 4 is 17.4 Å². The summed E-state index contributed by atoms with van der Waals surface area (Å²) in [5.74, 6) is -2.15. The lowest BCUT2D eigenvalue weighted by molar-refractivity contribution is -0.0465. The van der Waals surface area contributed by atoms with Gasteiger partial charge in [-0.1, -0.05) is 27.7 Å². The third-order valence-electron chi connectivity index (χ3n) is 4.36. The van der Waals surface area contributed by atoms with Gasteiger partial charge >= 0.3 is 5.69 Å².